The highest BCUT2D eigenvalue weighted by atomic mass is 16.2. The largest absolute Gasteiger partial charge is 0.237 e. The van der Waals surface area contributed by atoms with Crippen LogP contribution in [0.25, 0.3) is 0 Å². The number of hydrogen-bond acceptors (Lipinski definition) is 0. The van der Waals surface area contributed by atoms with Gasteiger partial charge >= 0.3 is 0 Å². The Bertz CT molecular complexity index is 138. The second kappa shape index (κ2) is 19.0. The SMILES string of the molecule is CCCCCCCCCCCCCCCCCCC[O]. The summed E-state index contributed by atoms with van der Waals surface area (Å²) in [6, 6.07) is 0. The van der Waals surface area contributed by atoms with Gasteiger partial charge in [0, 0.05) is 0 Å². The standard InChI is InChI=1S/C19H39O/c1-2-3-4-5-6-7-8-9-10-11-12-13-14-15-16-17-18-19-20/h2-19H2,1H3. The topological polar surface area (TPSA) is 19.9 Å². The van der Waals surface area contributed by atoms with Crippen molar-refractivity contribution in [2.75, 3.05) is 6.61 Å². The van der Waals surface area contributed by atoms with E-state index in [1.165, 1.54) is 96.3 Å². The van der Waals surface area contributed by atoms with Gasteiger partial charge in [-0.3, -0.25) is 0 Å². The van der Waals surface area contributed by atoms with E-state index < -0.39 is 0 Å². The molecule has 0 amide bonds. The lowest BCUT2D eigenvalue weighted by atomic mass is 10.0. The van der Waals surface area contributed by atoms with Gasteiger partial charge in [-0.25, -0.2) is 5.11 Å². The fourth-order valence-electron chi connectivity index (χ4n) is 2.83. The fourth-order valence-corrected chi connectivity index (χ4v) is 2.83. The maximum Gasteiger partial charge on any atom is 0.0822 e. The fraction of sp³-hybridized carbons (Fsp3) is 1.00. The third-order valence-corrected chi connectivity index (χ3v) is 4.25. The van der Waals surface area contributed by atoms with Crippen molar-refractivity contribution in [1.29, 1.82) is 0 Å². The molecule has 0 atom stereocenters. The third-order valence-electron chi connectivity index (χ3n) is 4.25. The molecular weight excluding hydrogens is 244 g/mol. The van der Waals surface area contributed by atoms with E-state index in [-0.39, 0.29) is 6.61 Å². The predicted octanol–water partition coefficient (Wildman–Crippen LogP) is 7.07. The molecule has 0 aromatic heterocycles. The van der Waals surface area contributed by atoms with Crippen molar-refractivity contribution >= 4 is 0 Å². The summed E-state index contributed by atoms with van der Waals surface area (Å²) in [4.78, 5) is 0. The predicted molar refractivity (Wildman–Crippen MR) is 89.7 cm³/mol. The minimum absolute atomic E-state index is 0.124. The van der Waals surface area contributed by atoms with E-state index in [0.717, 1.165) is 12.8 Å². The molecule has 0 aromatic rings. The molecular formula is C19H39O. The van der Waals surface area contributed by atoms with E-state index in [2.05, 4.69) is 6.92 Å². The molecule has 0 N–H and O–H groups in total. The molecule has 1 heteroatoms. The van der Waals surface area contributed by atoms with Crippen molar-refractivity contribution in [3.8, 4) is 0 Å². The van der Waals surface area contributed by atoms with Gasteiger partial charge in [0.05, 0.1) is 6.61 Å². The minimum atomic E-state index is 0.124. The van der Waals surface area contributed by atoms with Crippen LogP contribution in [-0.4, -0.2) is 6.61 Å². The van der Waals surface area contributed by atoms with Crippen LogP contribution < -0.4 is 0 Å². The van der Waals surface area contributed by atoms with E-state index >= 15 is 0 Å². The van der Waals surface area contributed by atoms with E-state index in [0.29, 0.717) is 0 Å². The molecule has 0 aromatic carbocycles. The van der Waals surface area contributed by atoms with Crippen LogP contribution in [0.5, 0.6) is 0 Å². The zero-order chi connectivity index (χ0) is 14.7. The molecule has 0 bridgehead atoms. The van der Waals surface area contributed by atoms with E-state index in [1.807, 2.05) is 0 Å². The lowest BCUT2D eigenvalue weighted by Crippen LogP contribution is -1.84. The highest BCUT2D eigenvalue weighted by molar-refractivity contribution is 4.49. The molecule has 0 saturated heterocycles. The summed E-state index contributed by atoms with van der Waals surface area (Å²) in [6.45, 7) is 2.41. The molecule has 1 nitrogen and oxygen atoms in total. The van der Waals surface area contributed by atoms with Gasteiger partial charge in [0.25, 0.3) is 0 Å². The molecule has 0 aliphatic heterocycles. The Morgan fingerprint density at radius 1 is 0.400 bits per heavy atom. The van der Waals surface area contributed by atoms with Crippen LogP contribution in [0.2, 0.25) is 0 Å². The zero-order valence-corrected chi connectivity index (χ0v) is 14.1. The zero-order valence-electron chi connectivity index (χ0n) is 14.1. The van der Waals surface area contributed by atoms with Gasteiger partial charge in [-0.2, -0.15) is 0 Å². The first kappa shape index (κ1) is 20.0. The van der Waals surface area contributed by atoms with Crippen molar-refractivity contribution < 1.29 is 5.11 Å². The molecule has 0 aliphatic carbocycles. The summed E-state index contributed by atoms with van der Waals surface area (Å²) in [5, 5.41) is 10.3. The van der Waals surface area contributed by atoms with Crippen LogP contribution in [0.1, 0.15) is 116 Å². The summed E-state index contributed by atoms with van der Waals surface area (Å²) in [7, 11) is 0. The van der Waals surface area contributed by atoms with Crippen molar-refractivity contribution in [1.82, 2.24) is 0 Å². The Balaban J connectivity index is 2.89. The van der Waals surface area contributed by atoms with Crippen molar-refractivity contribution in [2.24, 2.45) is 0 Å². The van der Waals surface area contributed by atoms with Crippen molar-refractivity contribution in [2.45, 2.75) is 116 Å². The van der Waals surface area contributed by atoms with Gasteiger partial charge in [-0.15, -0.1) is 0 Å². The monoisotopic (exact) mass is 283 g/mol. The Labute approximate surface area is 128 Å². The molecule has 0 unspecified atom stereocenters. The van der Waals surface area contributed by atoms with Crippen LogP contribution in [0.3, 0.4) is 0 Å². The highest BCUT2D eigenvalue weighted by Crippen LogP contribution is 2.13. The third kappa shape index (κ3) is 18.0. The summed E-state index contributed by atoms with van der Waals surface area (Å²) < 4.78 is 0. The molecule has 0 fully saturated rings. The Kier molecular flexibility index (Phi) is 18.9. The molecule has 0 aliphatic rings. The maximum atomic E-state index is 10.3. The highest BCUT2D eigenvalue weighted by Gasteiger charge is 1.94. The number of hydrogen-bond donors (Lipinski definition) is 0. The molecule has 1 radical (unpaired) electrons. The summed E-state index contributed by atoms with van der Waals surface area (Å²) >= 11 is 0. The Morgan fingerprint density at radius 2 is 0.650 bits per heavy atom. The van der Waals surface area contributed by atoms with Gasteiger partial charge in [0.15, 0.2) is 0 Å². The summed E-state index contributed by atoms with van der Waals surface area (Å²) in [5.41, 5.74) is 0. The van der Waals surface area contributed by atoms with Crippen molar-refractivity contribution in [3.05, 3.63) is 0 Å². The smallest absolute Gasteiger partial charge is 0.0822 e. The minimum Gasteiger partial charge on any atom is -0.237 e. The molecule has 0 spiro atoms. The van der Waals surface area contributed by atoms with Crippen molar-refractivity contribution in [3.63, 3.8) is 0 Å². The van der Waals surface area contributed by atoms with E-state index in [1.54, 1.807) is 0 Å². The summed E-state index contributed by atoms with van der Waals surface area (Å²) in [6.07, 6.45) is 23.3. The quantitative estimate of drug-likeness (QED) is 0.254. The lowest BCUT2D eigenvalue weighted by molar-refractivity contribution is 0.186. The molecule has 121 valence electrons. The Morgan fingerprint density at radius 3 is 0.900 bits per heavy atom. The van der Waals surface area contributed by atoms with Crippen LogP contribution in [0.15, 0.2) is 0 Å². The molecule has 0 saturated carbocycles. The summed E-state index contributed by atoms with van der Waals surface area (Å²) in [5.74, 6) is 0. The molecule has 0 heterocycles. The second-order valence-electron chi connectivity index (χ2n) is 6.36. The first-order valence-corrected chi connectivity index (χ1v) is 9.50. The van der Waals surface area contributed by atoms with Crippen LogP contribution >= 0.6 is 0 Å². The average Bonchev–Trinajstić information content (AvgIpc) is 2.47. The van der Waals surface area contributed by atoms with Gasteiger partial charge in [0.2, 0.25) is 0 Å². The number of rotatable bonds is 17. The Hall–Kier alpha value is -0.0400. The van der Waals surface area contributed by atoms with Gasteiger partial charge in [-0.1, -0.05) is 110 Å². The number of unbranched alkanes of at least 4 members (excludes halogenated alkanes) is 16. The first-order valence-electron chi connectivity index (χ1n) is 9.50. The molecule has 20 heavy (non-hydrogen) atoms. The van der Waals surface area contributed by atoms with Crippen LogP contribution in [-0.2, 0) is 5.11 Å². The lowest BCUT2D eigenvalue weighted by Gasteiger charge is -2.03. The normalized spacial score (nSPS) is 11.1. The second-order valence-corrected chi connectivity index (χ2v) is 6.36. The van der Waals surface area contributed by atoms with E-state index in [9.17, 15) is 5.11 Å². The van der Waals surface area contributed by atoms with E-state index in [4.69, 9.17) is 0 Å². The van der Waals surface area contributed by atoms with Gasteiger partial charge in [-0.05, 0) is 6.42 Å². The van der Waals surface area contributed by atoms with Gasteiger partial charge in [0.1, 0.15) is 0 Å². The average molecular weight is 284 g/mol. The maximum absolute atomic E-state index is 10.3. The van der Waals surface area contributed by atoms with Crippen LogP contribution in [0, 0.1) is 0 Å². The van der Waals surface area contributed by atoms with Gasteiger partial charge < -0.3 is 0 Å². The van der Waals surface area contributed by atoms with Crippen LogP contribution in [0.4, 0.5) is 0 Å². The molecule has 0 rings (SSSR count). The first-order chi connectivity index (χ1) is 9.91.